The lowest BCUT2D eigenvalue weighted by atomic mass is 10.0. The molecule has 0 aromatic heterocycles. The van der Waals surface area contributed by atoms with Crippen molar-refractivity contribution in [2.24, 2.45) is 0 Å². The van der Waals surface area contributed by atoms with Gasteiger partial charge < -0.3 is 19.6 Å². The Kier molecular flexibility index (Phi) is 5.74. The summed E-state index contributed by atoms with van der Waals surface area (Å²) in [6.07, 6.45) is 0.961. The Bertz CT molecular complexity index is 913. The first-order valence-corrected chi connectivity index (χ1v) is 10.2. The van der Waals surface area contributed by atoms with Gasteiger partial charge >= 0.3 is 5.97 Å². The highest BCUT2D eigenvalue weighted by atomic mass is 35.5. The first-order valence-electron chi connectivity index (χ1n) is 9.79. The number of carbonyl (C=O) groups is 2. The summed E-state index contributed by atoms with van der Waals surface area (Å²) in [5.41, 5.74) is 2.12. The molecule has 2 atom stereocenters. The number of hydrogen-bond acceptors (Lipinski definition) is 4. The molecule has 2 aromatic carbocycles. The van der Waals surface area contributed by atoms with Crippen molar-refractivity contribution < 1.29 is 19.4 Å². The first kappa shape index (κ1) is 19.7. The summed E-state index contributed by atoms with van der Waals surface area (Å²) in [7, 11) is 0. The number of morpholine rings is 1. The van der Waals surface area contributed by atoms with Gasteiger partial charge in [0.15, 0.2) is 0 Å². The molecule has 1 amide bonds. The molecule has 0 bridgehead atoms. The van der Waals surface area contributed by atoms with E-state index in [4.69, 9.17) is 16.3 Å². The number of hydrogen-bond donors (Lipinski definition) is 1. The van der Waals surface area contributed by atoms with Gasteiger partial charge in [-0.05, 0) is 36.6 Å². The van der Waals surface area contributed by atoms with Crippen molar-refractivity contribution in [1.82, 2.24) is 4.90 Å². The zero-order chi connectivity index (χ0) is 20.4. The predicted molar refractivity (Wildman–Crippen MR) is 110 cm³/mol. The van der Waals surface area contributed by atoms with Gasteiger partial charge in [0.1, 0.15) is 6.04 Å². The van der Waals surface area contributed by atoms with E-state index < -0.39 is 12.0 Å². The van der Waals surface area contributed by atoms with Crippen LogP contribution in [0.1, 0.15) is 34.8 Å². The topological polar surface area (TPSA) is 70.1 Å². The van der Waals surface area contributed by atoms with Gasteiger partial charge in [0, 0.05) is 23.8 Å². The summed E-state index contributed by atoms with van der Waals surface area (Å²) < 4.78 is 5.43. The molecular formula is C22H23ClN2O4. The zero-order valence-corrected chi connectivity index (χ0v) is 16.7. The maximum atomic E-state index is 13.7. The van der Waals surface area contributed by atoms with Crippen molar-refractivity contribution >= 4 is 29.2 Å². The fourth-order valence-electron chi connectivity index (χ4n) is 4.26. The van der Waals surface area contributed by atoms with Gasteiger partial charge in [-0.1, -0.05) is 41.9 Å². The van der Waals surface area contributed by atoms with Crippen LogP contribution in [0.3, 0.4) is 0 Å². The van der Waals surface area contributed by atoms with E-state index in [9.17, 15) is 14.7 Å². The Morgan fingerprint density at radius 3 is 2.41 bits per heavy atom. The summed E-state index contributed by atoms with van der Waals surface area (Å²) in [6.45, 7) is 2.60. The van der Waals surface area contributed by atoms with Crippen LogP contribution in [0.15, 0.2) is 48.5 Å². The molecule has 29 heavy (non-hydrogen) atoms. The SMILES string of the molecule is O=C(O)[C@@H]1CC[C@H](c2ccccc2Cl)N1C(=O)c1ccccc1N1CCOCC1. The lowest BCUT2D eigenvalue weighted by Crippen LogP contribution is -2.43. The minimum Gasteiger partial charge on any atom is -0.480 e. The molecule has 0 unspecified atom stereocenters. The number of carboxylic acid groups (broad SMARTS) is 1. The van der Waals surface area contributed by atoms with Crippen molar-refractivity contribution in [2.75, 3.05) is 31.2 Å². The van der Waals surface area contributed by atoms with Crippen LogP contribution in [0.4, 0.5) is 5.69 Å². The third kappa shape index (κ3) is 3.82. The molecule has 6 nitrogen and oxygen atoms in total. The van der Waals surface area contributed by atoms with Gasteiger partial charge in [0.25, 0.3) is 5.91 Å². The maximum absolute atomic E-state index is 13.7. The lowest BCUT2D eigenvalue weighted by Gasteiger charge is -2.33. The molecular weight excluding hydrogens is 392 g/mol. The number of benzene rings is 2. The highest BCUT2D eigenvalue weighted by Gasteiger charge is 2.43. The van der Waals surface area contributed by atoms with Gasteiger partial charge in [0.05, 0.1) is 24.8 Å². The van der Waals surface area contributed by atoms with E-state index in [2.05, 4.69) is 4.90 Å². The highest BCUT2D eigenvalue weighted by molar-refractivity contribution is 6.31. The van der Waals surface area contributed by atoms with Crippen LogP contribution >= 0.6 is 11.6 Å². The number of ether oxygens (including phenoxy) is 1. The second-order valence-corrected chi connectivity index (χ2v) is 7.70. The fraction of sp³-hybridized carbons (Fsp3) is 0.364. The number of halogens is 1. The quantitative estimate of drug-likeness (QED) is 0.827. The number of para-hydroxylation sites is 1. The smallest absolute Gasteiger partial charge is 0.326 e. The molecule has 0 spiro atoms. The number of rotatable bonds is 4. The molecule has 2 fully saturated rings. The number of carboxylic acids is 1. The molecule has 0 radical (unpaired) electrons. The van der Waals surface area contributed by atoms with Crippen LogP contribution in [0.2, 0.25) is 5.02 Å². The molecule has 0 aliphatic carbocycles. The summed E-state index contributed by atoms with van der Waals surface area (Å²) in [4.78, 5) is 29.2. The lowest BCUT2D eigenvalue weighted by molar-refractivity contribution is -0.141. The minimum absolute atomic E-state index is 0.276. The van der Waals surface area contributed by atoms with Crippen molar-refractivity contribution in [3.05, 3.63) is 64.7 Å². The number of nitrogens with zero attached hydrogens (tertiary/aromatic N) is 2. The zero-order valence-electron chi connectivity index (χ0n) is 16.0. The molecule has 2 aromatic rings. The molecule has 4 rings (SSSR count). The van der Waals surface area contributed by atoms with Gasteiger partial charge in [-0.2, -0.15) is 0 Å². The third-order valence-electron chi connectivity index (χ3n) is 5.66. The molecule has 7 heteroatoms. The average Bonchev–Trinajstić information content (AvgIpc) is 3.19. The highest BCUT2D eigenvalue weighted by Crippen LogP contribution is 2.41. The van der Waals surface area contributed by atoms with Gasteiger partial charge in [0.2, 0.25) is 0 Å². The van der Waals surface area contributed by atoms with Crippen LogP contribution < -0.4 is 4.90 Å². The Morgan fingerprint density at radius 1 is 1.00 bits per heavy atom. The molecule has 2 aliphatic rings. The van der Waals surface area contributed by atoms with Crippen LogP contribution in [-0.2, 0) is 9.53 Å². The Balaban J connectivity index is 1.73. The van der Waals surface area contributed by atoms with Crippen LogP contribution in [-0.4, -0.2) is 54.2 Å². The van der Waals surface area contributed by atoms with Crippen molar-refractivity contribution in [2.45, 2.75) is 24.9 Å². The predicted octanol–water partition coefficient (Wildman–Crippen LogP) is 3.61. The summed E-state index contributed by atoms with van der Waals surface area (Å²) in [5, 5.41) is 10.3. The van der Waals surface area contributed by atoms with E-state index in [-0.39, 0.29) is 11.9 Å². The van der Waals surface area contributed by atoms with Crippen molar-refractivity contribution in [1.29, 1.82) is 0 Å². The summed E-state index contributed by atoms with van der Waals surface area (Å²) in [6, 6.07) is 13.5. The molecule has 0 saturated carbocycles. The normalized spacial score (nSPS) is 22.0. The van der Waals surface area contributed by atoms with E-state index in [1.807, 2.05) is 36.4 Å². The largest absolute Gasteiger partial charge is 0.480 e. The number of anilines is 1. The number of likely N-dealkylation sites (tertiary alicyclic amines) is 1. The molecule has 1 N–H and O–H groups in total. The second kappa shape index (κ2) is 8.43. The molecule has 2 heterocycles. The van der Waals surface area contributed by atoms with Crippen LogP contribution in [0, 0.1) is 0 Å². The van der Waals surface area contributed by atoms with E-state index in [0.717, 1.165) is 11.3 Å². The van der Waals surface area contributed by atoms with Crippen molar-refractivity contribution in [3.63, 3.8) is 0 Å². The van der Waals surface area contributed by atoms with Crippen molar-refractivity contribution in [3.8, 4) is 0 Å². The van der Waals surface area contributed by atoms with Gasteiger partial charge in [-0.3, -0.25) is 4.79 Å². The monoisotopic (exact) mass is 414 g/mol. The minimum atomic E-state index is -0.989. The summed E-state index contributed by atoms with van der Waals surface area (Å²) in [5.74, 6) is -1.27. The van der Waals surface area contributed by atoms with Crippen LogP contribution in [0.5, 0.6) is 0 Å². The van der Waals surface area contributed by atoms with Gasteiger partial charge in [-0.25, -0.2) is 4.79 Å². The Morgan fingerprint density at radius 2 is 1.69 bits per heavy atom. The van der Waals surface area contributed by atoms with E-state index >= 15 is 0 Å². The maximum Gasteiger partial charge on any atom is 0.326 e. The van der Waals surface area contributed by atoms with Gasteiger partial charge in [-0.15, -0.1) is 0 Å². The number of aliphatic carboxylic acids is 1. The standard InChI is InChI=1S/C22H23ClN2O4/c23-17-7-3-1-5-15(17)19-9-10-20(22(27)28)25(19)21(26)16-6-2-4-8-18(16)24-11-13-29-14-12-24/h1-8,19-20H,9-14H2,(H,27,28)/t19-,20+/m1/s1. The Labute approximate surface area is 174 Å². The molecule has 2 saturated heterocycles. The first-order chi connectivity index (χ1) is 14.1. The van der Waals surface area contributed by atoms with E-state index in [1.165, 1.54) is 4.90 Å². The average molecular weight is 415 g/mol. The Hall–Kier alpha value is -2.57. The third-order valence-corrected chi connectivity index (χ3v) is 6.00. The second-order valence-electron chi connectivity index (χ2n) is 7.30. The number of carbonyl (C=O) groups excluding carboxylic acids is 1. The van der Waals surface area contributed by atoms with E-state index in [0.29, 0.717) is 49.7 Å². The molecule has 2 aliphatic heterocycles. The number of amides is 1. The summed E-state index contributed by atoms with van der Waals surface area (Å²) >= 11 is 6.39. The fourth-order valence-corrected chi connectivity index (χ4v) is 4.52. The molecule has 152 valence electrons. The van der Waals surface area contributed by atoms with Crippen LogP contribution in [0.25, 0.3) is 0 Å². The van der Waals surface area contributed by atoms with E-state index in [1.54, 1.807) is 12.1 Å².